The Kier molecular flexibility index (Phi) is 12.5. The van der Waals surface area contributed by atoms with Crippen molar-refractivity contribution in [1.29, 1.82) is 0 Å². The van der Waals surface area contributed by atoms with Crippen molar-refractivity contribution in [3.8, 4) is 0 Å². The Morgan fingerprint density at radius 2 is 1.36 bits per heavy atom. The van der Waals surface area contributed by atoms with Crippen molar-refractivity contribution < 1.29 is 28.5 Å². The first-order valence-electron chi connectivity index (χ1n) is 7.39. The molecule has 0 bridgehead atoms. The Morgan fingerprint density at radius 1 is 0.864 bits per heavy atom. The van der Waals surface area contributed by atoms with E-state index in [9.17, 15) is 9.59 Å². The molecule has 0 unspecified atom stereocenters. The number of esters is 1. The van der Waals surface area contributed by atoms with Crippen LogP contribution in [0.25, 0.3) is 0 Å². The van der Waals surface area contributed by atoms with Gasteiger partial charge in [-0.25, -0.2) is 0 Å². The third-order valence-electron chi connectivity index (χ3n) is 2.15. The zero-order valence-corrected chi connectivity index (χ0v) is 14.8. The fraction of sp³-hybridized carbons (Fsp3) is 0.867. The molecule has 0 aliphatic rings. The van der Waals surface area contributed by atoms with E-state index in [1.807, 2.05) is 20.8 Å². The maximum Gasteiger partial charge on any atom is 0.308 e. The fourth-order valence-corrected chi connectivity index (χ4v) is 1.82. The van der Waals surface area contributed by atoms with Gasteiger partial charge < -0.3 is 18.9 Å². The second-order valence-corrected chi connectivity index (χ2v) is 6.79. The summed E-state index contributed by atoms with van der Waals surface area (Å²) in [6, 6.07) is 0. The molecule has 130 valence electrons. The number of hydrogen-bond acceptors (Lipinski definition) is 7. The molecule has 0 amide bonds. The SMILES string of the molecule is CC(=O)SCCOCCOCCOCCC(=O)OC(C)(C)C. The minimum atomic E-state index is -0.455. The van der Waals surface area contributed by atoms with E-state index in [0.29, 0.717) is 45.4 Å². The van der Waals surface area contributed by atoms with Crippen LogP contribution in [0.1, 0.15) is 34.1 Å². The summed E-state index contributed by atoms with van der Waals surface area (Å²) in [7, 11) is 0. The summed E-state index contributed by atoms with van der Waals surface area (Å²) >= 11 is 1.25. The maximum absolute atomic E-state index is 11.4. The van der Waals surface area contributed by atoms with Gasteiger partial charge in [-0.05, 0) is 20.8 Å². The summed E-state index contributed by atoms with van der Waals surface area (Å²) in [6.07, 6.45) is 0.244. The third kappa shape index (κ3) is 17.4. The summed E-state index contributed by atoms with van der Waals surface area (Å²) in [5.74, 6) is 0.411. The number of thioether (sulfide) groups is 1. The van der Waals surface area contributed by atoms with Gasteiger partial charge in [0.15, 0.2) is 5.12 Å². The smallest absolute Gasteiger partial charge is 0.308 e. The highest BCUT2D eigenvalue weighted by molar-refractivity contribution is 8.13. The molecule has 7 heteroatoms. The number of carbonyl (C=O) groups excluding carboxylic acids is 2. The lowest BCUT2D eigenvalue weighted by Gasteiger charge is -2.19. The van der Waals surface area contributed by atoms with Crippen molar-refractivity contribution in [3.05, 3.63) is 0 Å². The summed E-state index contributed by atoms with van der Waals surface area (Å²) < 4.78 is 21.0. The van der Waals surface area contributed by atoms with E-state index in [-0.39, 0.29) is 17.5 Å². The number of hydrogen-bond donors (Lipinski definition) is 0. The molecular formula is C15H28O6S. The van der Waals surface area contributed by atoms with Crippen molar-refractivity contribution in [2.24, 2.45) is 0 Å². The van der Waals surface area contributed by atoms with Gasteiger partial charge in [0.1, 0.15) is 5.60 Å². The molecule has 0 aliphatic carbocycles. The highest BCUT2D eigenvalue weighted by Gasteiger charge is 2.15. The Bertz CT molecular complexity index is 314. The Morgan fingerprint density at radius 3 is 1.86 bits per heavy atom. The molecule has 0 N–H and O–H groups in total. The Hall–Kier alpha value is -0.630. The first-order chi connectivity index (χ1) is 10.3. The van der Waals surface area contributed by atoms with E-state index in [2.05, 4.69) is 0 Å². The molecule has 0 rings (SSSR count). The monoisotopic (exact) mass is 336 g/mol. The van der Waals surface area contributed by atoms with Crippen molar-refractivity contribution >= 4 is 22.8 Å². The highest BCUT2D eigenvalue weighted by Crippen LogP contribution is 2.08. The third-order valence-corrected chi connectivity index (χ3v) is 2.92. The second-order valence-electron chi connectivity index (χ2n) is 5.51. The van der Waals surface area contributed by atoms with Gasteiger partial charge in [0.25, 0.3) is 0 Å². The van der Waals surface area contributed by atoms with Crippen molar-refractivity contribution in [1.82, 2.24) is 0 Å². The van der Waals surface area contributed by atoms with E-state index in [0.717, 1.165) is 0 Å². The van der Waals surface area contributed by atoms with Crippen LogP contribution in [0.15, 0.2) is 0 Å². The molecule has 0 aromatic carbocycles. The van der Waals surface area contributed by atoms with Crippen LogP contribution in [0.3, 0.4) is 0 Å². The lowest BCUT2D eigenvalue weighted by atomic mass is 10.2. The van der Waals surface area contributed by atoms with Gasteiger partial charge in [-0.3, -0.25) is 9.59 Å². The van der Waals surface area contributed by atoms with Gasteiger partial charge >= 0.3 is 5.97 Å². The van der Waals surface area contributed by atoms with Crippen LogP contribution in [0.2, 0.25) is 0 Å². The largest absolute Gasteiger partial charge is 0.460 e. The van der Waals surface area contributed by atoms with E-state index in [1.54, 1.807) is 0 Å². The zero-order valence-electron chi connectivity index (χ0n) is 14.0. The first-order valence-corrected chi connectivity index (χ1v) is 8.38. The second kappa shape index (κ2) is 12.9. The molecule has 0 aromatic heterocycles. The molecule has 0 spiro atoms. The van der Waals surface area contributed by atoms with Crippen LogP contribution in [-0.2, 0) is 28.5 Å². The van der Waals surface area contributed by atoms with Gasteiger partial charge in [-0.2, -0.15) is 0 Å². The lowest BCUT2D eigenvalue weighted by Crippen LogP contribution is -2.24. The molecule has 0 saturated heterocycles. The maximum atomic E-state index is 11.4. The van der Waals surface area contributed by atoms with Crippen LogP contribution in [0.4, 0.5) is 0 Å². The molecule has 0 heterocycles. The number of carbonyl (C=O) groups is 2. The quantitative estimate of drug-likeness (QED) is 0.399. The summed E-state index contributed by atoms with van der Waals surface area (Å²) in [5, 5.41) is 0.100. The van der Waals surface area contributed by atoms with Gasteiger partial charge in [0.2, 0.25) is 0 Å². The fourth-order valence-electron chi connectivity index (χ4n) is 1.33. The minimum Gasteiger partial charge on any atom is -0.460 e. The van der Waals surface area contributed by atoms with Crippen molar-refractivity contribution in [3.63, 3.8) is 0 Å². The van der Waals surface area contributed by atoms with Crippen LogP contribution < -0.4 is 0 Å². The lowest BCUT2D eigenvalue weighted by molar-refractivity contribution is -0.156. The molecule has 0 aliphatic heterocycles. The average molecular weight is 336 g/mol. The van der Waals surface area contributed by atoms with E-state index in [4.69, 9.17) is 18.9 Å². The van der Waals surface area contributed by atoms with Crippen molar-refractivity contribution in [2.75, 3.05) is 45.4 Å². The predicted octanol–water partition coefficient (Wildman–Crippen LogP) is 2.05. The molecule has 0 saturated carbocycles. The highest BCUT2D eigenvalue weighted by atomic mass is 32.2. The molecule has 0 atom stereocenters. The van der Waals surface area contributed by atoms with Gasteiger partial charge in [0.05, 0.1) is 46.1 Å². The standard InChI is InChI=1S/C15H28O6S/c1-13(16)22-12-11-20-10-9-19-8-7-18-6-5-14(17)21-15(2,3)4/h5-12H2,1-4H3. The number of ether oxygens (including phenoxy) is 4. The molecule has 0 aromatic rings. The minimum absolute atomic E-state index is 0.100. The summed E-state index contributed by atoms with van der Waals surface area (Å²) in [6.45, 7) is 9.79. The summed E-state index contributed by atoms with van der Waals surface area (Å²) in [5.41, 5.74) is -0.455. The molecule has 0 radical (unpaired) electrons. The van der Waals surface area contributed by atoms with Gasteiger partial charge in [-0.15, -0.1) is 0 Å². The van der Waals surface area contributed by atoms with Crippen LogP contribution >= 0.6 is 11.8 Å². The van der Waals surface area contributed by atoms with E-state index >= 15 is 0 Å². The van der Waals surface area contributed by atoms with E-state index < -0.39 is 5.60 Å². The van der Waals surface area contributed by atoms with Crippen LogP contribution in [-0.4, -0.2) is 62.1 Å². The Labute approximate surface area is 137 Å². The number of rotatable bonds is 12. The van der Waals surface area contributed by atoms with E-state index in [1.165, 1.54) is 18.7 Å². The van der Waals surface area contributed by atoms with Crippen molar-refractivity contribution in [2.45, 2.75) is 39.7 Å². The normalized spacial score (nSPS) is 11.5. The first kappa shape index (κ1) is 21.4. The molecular weight excluding hydrogens is 308 g/mol. The molecule has 6 nitrogen and oxygen atoms in total. The topological polar surface area (TPSA) is 71.1 Å². The van der Waals surface area contributed by atoms with Gasteiger partial charge in [0, 0.05) is 12.7 Å². The van der Waals surface area contributed by atoms with Gasteiger partial charge in [-0.1, -0.05) is 11.8 Å². The van der Waals surface area contributed by atoms with Crippen LogP contribution in [0.5, 0.6) is 0 Å². The average Bonchev–Trinajstić information content (AvgIpc) is 2.37. The molecule has 22 heavy (non-hydrogen) atoms. The van der Waals surface area contributed by atoms with Crippen LogP contribution in [0, 0.1) is 0 Å². The summed E-state index contributed by atoms with van der Waals surface area (Å²) in [4.78, 5) is 22.0. The zero-order chi connectivity index (χ0) is 16.8. The molecule has 0 fully saturated rings. The Balaban J connectivity index is 3.21. The predicted molar refractivity (Wildman–Crippen MR) is 86.1 cm³/mol.